The molecule has 74 heavy (non-hydrogen) atoms. The number of aromatic nitrogens is 2. The lowest BCUT2D eigenvalue weighted by molar-refractivity contribution is 1.26. The summed E-state index contributed by atoms with van der Waals surface area (Å²) < 4.78 is 5.12. The highest BCUT2D eigenvalue weighted by molar-refractivity contribution is 6.33. The van der Waals surface area contributed by atoms with Gasteiger partial charge in [0, 0.05) is 21.5 Å². The minimum Gasteiger partial charge on any atom is -0.305 e. The van der Waals surface area contributed by atoms with E-state index in [1.807, 2.05) is 0 Å². The molecule has 0 aliphatic heterocycles. The highest BCUT2D eigenvalue weighted by Gasteiger charge is 2.25. The molecule has 2 nitrogen and oxygen atoms in total. The van der Waals surface area contributed by atoms with Crippen molar-refractivity contribution in [1.29, 1.82) is 0 Å². The van der Waals surface area contributed by atoms with E-state index in [0.29, 0.717) is 0 Å². The van der Waals surface area contributed by atoms with Crippen molar-refractivity contribution in [2.45, 2.75) is 0 Å². The molecule has 0 fully saturated rings. The van der Waals surface area contributed by atoms with Crippen LogP contribution in [-0.2, 0) is 0 Å². The fraction of sp³-hybridized carbons (Fsp3) is 0. The first kappa shape index (κ1) is 39.9. The Morgan fingerprint density at radius 3 is 0.838 bits per heavy atom. The van der Waals surface area contributed by atoms with E-state index in [-0.39, 0.29) is 0 Å². The summed E-state index contributed by atoms with van der Waals surface area (Å²) in [6.07, 6.45) is 0. The largest absolute Gasteiger partial charge is 0.305 e. The zero-order valence-electron chi connectivity index (χ0n) is 40.1. The van der Waals surface area contributed by atoms with Crippen LogP contribution in [0.1, 0.15) is 0 Å². The van der Waals surface area contributed by atoms with Crippen LogP contribution >= 0.6 is 0 Å². The van der Waals surface area contributed by atoms with Gasteiger partial charge in [0.1, 0.15) is 0 Å². The van der Waals surface area contributed by atoms with Crippen LogP contribution in [-0.4, -0.2) is 8.80 Å². The van der Waals surface area contributed by atoms with Gasteiger partial charge in [-0.25, -0.2) is 0 Å². The lowest BCUT2D eigenvalue weighted by Gasteiger charge is -2.19. The number of para-hydroxylation sites is 2. The summed E-state index contributed by atoms with van der Waals surface area (Å²) in [7, 11) is 0. The minimum absolute atomic E-state index is 1.21. The molecule has 2 heteroatoms. The lowest BCUT2D eigenvalue weighted by atomic mass is 9.84. The van der Waals surface area contributed by atoms with Crippen molar-refractivity contribution < 1.29 is 0 Å². The third-order valence-electron chi connectivity index (χ3n) is 16.6. The summed E-state index contributed by atoms with van der Waals surface area (Å²) >= 11 is 0. The second-order valence-electron chi connectivity index (χ2n) is 20.2. The molecule has 17 rings (SSSR count). The Kier molecular flexibility index (Phi) is 8.03. The number of benzene rings is 14. The van der Waals surface area contributed by atoms with Crippen LogP contribution in [0.5, 0.6) is 0 Å². The van der Waals surface area contributed by atoms with Crippen LogP contribution in [0.4, 0.5) is 0 Å². The van der Waals surface area contributed by atoms with E-state index in [9.17, 15) is 0 Å². The Hall–Kier alpha value is -9.76. The van der Waals surface area contributed by atoms with Crippen molar-refractivity contribution >= 4 is 119 Å². The van der Waals surface area contributed by atoms with E-state index in [0.717, 1.165) is 0 Å². The molecule has 0 unspecified atom stereocenters. The van der Waals surface area contributed by atoms with Gasteiger partial charge in [0.05, 0.1) is 33.1 Å². The van der Waals surface area contributed by atoms with E-state index in [4.69, 9.17) is 0 Å². The molecule has 0 aliphatic rings. The Morgan fingerprint density at radius 1 is 0.176 bits per heavy atom. The SMILES string of the molecule is c1ccc(-c2c3ccccc3c(-c3cccc4c3ccc3c4c4cccc5c4n3c3cccc4c6c7cccc(-c8c9ccccc9c(-c9ccccc9)c9ccccc89)c7ccc6n5c43)c3ccccc23)cc1. The fourth-order valence-electron chi connectivity index (χ4n) is 13.8. The van der Waals surface area contributed by atoms with Gasteiger partial charge in [0.2, 0.25) is 0 Å². The molecule has 3 heterocycles. The zero-order valence-corrected chi connectivity index (χ0v) is 40.1. The minimum atomic E-state index is 1.21. The number of hydrogen-bond donors (Lipinski definition) is 0. The Morgan fingerprint density at radius 2 is 0.473 bits per heavy atom. The molecular formula is C72H42N2. The molecule has 0 amide bonds. The van der Waals surface area contributed by atoms with E-state index in [1.165, 1.54) is 164 Å². The van der Waals surface area contributed by atoms with Gasteiger partial charge < -0.3 is 8.80 Å². The third-order valence-corrected chi connectivity index (χ3v) is 16.6. The Labute approximate surface area is 425 Å². The number of rotatable bonds is 4. The predicted octanol–water partition coefficient (Wildman–Crippen LogP) is 19.8. The van der Waals surface area contributed by atoms with Crippen LogP contribution < -0.4 is 0 Å². The fourth-order valence-corrected chi connectivity index (χ4v) is 13.8. The van der Waals surface area contributed by atoms with Crippen LogP contribution in [0.15, 0.2) is 255 Å². The second kappa shape index (κ2) is 14.9. The first-order chi connectivity index (χ1) is 36.8. The van der Waals surface area contributed by atoms with Crippen molar-refractivity contribution in [3.8, 4) is 44.5 Å². The van der Waals surface area contributed by atoms with Crippen LogP contribution in [0, 0.1) is 0 Å². The molecule has 340 valence electrons. The van der Waals surface area contributed by atoms with Gasteiger partial charge in [-0.15, -0.1) is 0 Å². The topological polar surface area (TPSA) is 8.82 Å². The second-order valence-corrected chi connectivity index (χ2v) is 20.2. The normalized spacial score (nSPS) is 12.3. The number of nitrogens with zero attached hydrogens (tertiary/aromatic N) is 2. The molecule has 0 saturated heterocycles. The van der Waals surface area contributed by atoms with Crippen LogP contribution in [0.2, 0.25) is 0 Å². The summed E-state index contributed by atoms with van der Waals surface area (Å²) in [5.41, 5.74) is 17.4. The standard InChI is InChI=1S/C72H42N2/c1-3-19-43(20-4-1)65-51-23-7-11-27-55(51)67(56-28-12-8-24-52(56)65)47-31-15-33-49-45(47)39-41-61-69(49)59-35-17-37-63-71(59)73(61)64-38-18-36-60-70-50-34-16-32-48(46(50)40-42-62(70)74(63)72(60)64)68-57-29-13-9-25-53(57)66(44-21-5-2-6-22-44)54-26-10-14-30-58(54)68/h1-42H. The summed E-state index contributed by atoms with van der Waals surface area (Å²) in [5.74, 6) is 0. The van der Waals surface area contributed by atoms with Gasteiger partial charge in [-0.1, -0.05) is 231 Å². The molecule has 0 aliphatic carbocycles. The lowest BCUT2D eigenvalue weighted by Crippen LogP contribution is -1.96. The first-order valence-electron chi connectivity index (χ1n) is 25.8. The summed E-state index contributed by atoms with van der Waals surface area (Å²) in [5, 5.41) is 20.3. The average molecular weight is 935 g/mol. The van der Waals surface area contributed by atoms with Gasteiger partial charge in [0.25, 0.3) is 0 Å². The van der Waals surface area contributed by atoms with E-state index >= 15 is 0 Å². The van der Waals surface area contributed by atoms with Crippen molar-refractivity contribution in [3.05, 3.63) is 255 Å². The van der Waals surface area contributed by atoms with Crippen molar-refractivity contribution in [2.24, 2.45) is 0 Å². The summed E-state index contributed by atoms with van der Waals surface area (Å²) in [6.45, 7) is 0. The molecule has 17 aromatic rings. The molecule has 0 bridgehead atoms. The summed E-state index contributed by atoms with van der Waals surface area (Å²) in [4.78, 5) is 0. The van der Waals surface area contributed by atoms with E-state index < -0.39 is 0 Å². The Balaban J connectivity index is 0.934. The molecular weight excluding hydrogens is 893 g/mol. The maximum Gasteiger partial charge on any atom is 0.0783 e. The molecule has 0 N–H and O–H groups in total. The smallest absolute Gasteiger partial charge is 0.0783 e. The van der Waals surface area contributed by atoms with Crippen molar-refractivity contribution in [3.63, 3.8) is 0 Å². The molecule has 3 aromatic heterocycles. The summed E-state index contributed by atoms with van der Waals surface area (Å²) in [6, 6.07) is 95.2. The van der Waals surface area contributed by atoms with Gasteiger partial charge in [-0.2, -0.15) is 0 Å². The molecule has 0 spiro atoms. The monoisotopic (exact) mass is 934 g/mol. The highest BCUT2D eigenvalue weighted by atomic mass is 15.0. The van der Waals surface area contributed by atoms with Gasteiger partial charge in [-0.05, 0) is 133 Å². The number of hydrogen-bond acceptors (Lipinski definition) is 0. The quantitative estimate of drug-likeness (QED) is 0.156. The van der Waals surface area contributed by atoms with Crippen LogP contribution in [0.25, 0.3) is 164 Å². The maximum atomic E-state index is 2.56. The highest BCUT2D eigenvalue weighted by Crippen LogP contribution is 2.50. The number of fused-ring (bicyclic) bond motifs is 16. The van der Waals surface area contributed by atoms with Gasteiger partial charge in [0.15, 0.2) is 0 Å². The Bertz CT molecular complexity index is 4790. The molecule has 14 aromatic carbocycles. The maximum absolute atomic E-state index is 2.56. The van der Waals surface area contributed by atoms with Crippen LogP contribution in [0.3, 0.4) is 0 Å². The van der Waals surface area contributed by atoms with Crippen molar-refractivity contribution in [2.75, 3.05) is 0 Å². The van der Waals surface area contributed by atoms with Gasteiger partial charge >= 0.3 is 0 Å². The average Bonchev–Trinajstić information content (AvgIpc) is 4.00. The van der Waals surface area contributed by atoms with E-state index in [1.54, 1.807) is 0 Å². The van der Waals surface area contributed by atoms with Gasteiger partial charge in [-0.3, -0.25) is 0 Å². The molecule has 0 radical (unpaired) electrons. The van der Waals surface area contributed by atoms with Crippen molar-refractivity contribution in [1.82, 2.24) is 8.80 Å². The zero-order chi connectivity index (χ0) is 48.2. The first-order valence-corrected chi connectivity index (χ1v) is 25.8. The molecule has 0 atom stereocenters. The predicted molar refractivity (Wildman–Crippen MR) is 316 cm³/mol. The van der Waals surface area contributed by atoms with E-state index in [2.05, 4.69) is 264 Å². The molecule has 0 saturated carbocycles. The third kappa shape index (κ3) is 5.18.